The molecule has 2 unspecified atom stereocenters. The maximum Gasteiger partial charge on any atom is 0.389 e. The van der Waals surface area contributed by atoms with Crippen LogP contribution in [0.15, 0.2) is 77.4 Å². The molecule has 52 heavy (non-hydrogen) atoms. The molecule has 1 fully saturated rings. The molecule has 2 aliphatic heterocycles. The van der Waals surface area contributed by atoms with Gasteiger partial charge in [-0.25, -0.2) is 9.78 Å². The highest BCUT2D eigenvalue weighted by Crippen LogP contribution is 2.51. The molecule has 0 spiro atoms. The van der Waals surface area contributed by atoms with Gasteiger partial charge >= 0.3 is 11.9 Å². The predicted molar refractivity (Wildman–Crippen MR) is 200 cm³/mol. The van der Waals surface area contributed by atoms with Crippen molar-refractivity contribution in [2.45, 2.75) is 76.9 Å². The minimum Gasteiger partial charge on any atom is -0.361 e. The number of carbonyl (C=O) groups is 1. The number of alkyl halides is 3. The van der Waals surface area contributed by atoms with E-state index in [4.69, 9.17) is 11.6 Å². The van der Waals surface area contributed by atoms with Crippen molar-refractivity contribution in [2.24, 2.45) is 11.8 Å². The second kappa shape index (κ2) is 13.8. The topological polar surface area (TPSA) is 83.0 Å². The van der Waals surface area contributed by atoms with E-state index in [2.05, 4.69) is 40.4 Å². The first kappa shape index (κ1) is 34.5. The maximum atomic E-state index is 14.0. The Morgan fingerprint density at radius 1 is 1.08 bits per heavy atom. The van der Waals surface area contributed by atoms with Crippen molar-refractivity contribution in [1.82, 2.24) is 24.8 Å². The summed E-state index contributed by atoms with van der Waals surface area (Å²) in [6.45, 7) is 3.05. The van der Waals surface area contributed by atoms with Crippen LogP contribution in [-0.4, -0.2) is 44.6 Å². The zero-order valence-electron chi connectivity index (χ0n) is 29.0. The van der Waals surface area contributed by atoms with E-state index < -0.39 is 18.5 Å². The molecule has 2 N–H and O–H groups in total. The average Bonchev–Trinajstić information content (AvgIpc) is 3.25. The number of benzene rings is 2. The number of pyridine rings is 1. The molecular weight excluding hydrogens is 687 g/mol. The number of nitrogens with zero attached hydrogens (tertiary/aromatic N) is 3. The standard InChI is InChI=1S/C41H41ClF3N5O2/c1-2-25-21-33(34-7-4-3-5-15-46-34)31-12-10-29-30(37(31)38(25)42)11-9-28-26(19-24(20-32(28)29)23-41(43,44)45)22-36(51)49-17-13-27(14-18-49)50-35-8-6-16-47-39(35)48-40(50)52/h3-8,10,12,15-16,21,24,26-27,46H,2,9,11,13-14,17-20,22-23H2,1H3,(H,47,48,52). The number of rotatable bonds is 6. The maximum absolute atomic E-state index is 14.0. The Hall–Kier alpha value is -4.57. The molecule has 2 atom stereocenters. The largest absolute Gasteiger partial charge is 0.389 e. The van der Waals surface area contributed by atoms with Gasteiger partial charge in [0.25, 0.3) is 0 Å². The highest BCUT2D eigenvalue weighted by atomic mass is 35.5. The number of piperidine rings is 1. The number of allylic oxidation sites excluding steroid dienone is 6. The van der Waals surface area contributed by atoms with Gasteiger partial charge in [0.05, 0.1) is 10.5 Å². The number of hydrogen-bond acceptors (Lipinski definition) is 4. The monoisotopic (exact) mass is 727 g/mol. The molecule has 4 aromatic rings. The molecule has 2 aliphatic carbocycles. The fraction of sp³-hybridized carbons (Fsp3) is 0.390. The minimum absolute atomic E-state index is 0.0345. The van der Waals surface area contributed by atoms with Crippen molar-refractivity contribution in [3.63, 3.8) is 0 Å². The van der Waals surface area contributed by atoms with Gasteiger partial charge in [-0.2, -0.15) is 13.2 Å². The van der Waals surface area contributed by atoms with E-state index in [0.717, 1.165) is 61.8 Å². The van der Waals surface area contributed by atoms with Gasteiger partial charge in [0, 0.05) is 61.0 Å². The normalized spacial score (nSPS) is 20.9. The fourth-order valence-corrected chi connectivity index (χ4v) is 9.57. The number of nitrogens with one attached hydrogen (secondary N) is 2. The second-order valence-corrected chi connectivity index (χ2v) is 14.9. The highest BCUT2D eigenvalue weighted by Gasteiger charge is 2.40. The van der Waals surface area contributed by atoms with Crippen molar-refractivity contribution >= 4 is 50.7 Å². The van der Waals surface area contributed by atoms with E-state index >= 15 is 0 Å². The van der Waals surface area contributed by atoms with Gasteiger partial charge in [-0.05, 0) is 115 Å². The summed E-state index contributed by atoms with van der Waals surface area (Å²) in [6.07, 6.45) is 10.5. The number of aryl methyl sites for hydroxylation is 2. The summed E-state index contributed by atoms with van der Waals surface area (Å²) in [5.74, 6) is -0.912. The van der Waals surface area contributed by atoms with Crippen LogP contribution in [-0.2, 0) is 17.6 Å². The Bertz CT molecular complexity index is 2250. The summed E-state index contributed by atoms with van der Waals surface area (Å²) >= 11 is 7.17. The summed E-state index contributed by atoms with van der Waals surface area (Å²) in [5, 5.41) is 6.07. The number of fused-ring (bicyclic) bond motifs is 5. The molecule has 11 heteroatoms. The van der Waals surface area contributed by atoms with Gasteiger partial charge < -0.3 is 10.2 Å². The van der Waals surface area contributed by atoms with E-state index in [-0.39, 0.29) is 30.0 Å². The van der Waals surface area contributed by atoms with Crippen LogP contribution in [0.25, 0.3) is 33.2 Å². The molecule has 4 heterocycles. The number of H-pyrrole nitrogens is 1. The molecule has 0 radical (unpaired) electrons. The van der Waals surface area contributed by atoms with Crippen LogP contribution < -0.4 is 11.0 Å². The Balaban J connectivity index is 1.10. The molecule has 2 aromatic carbocycles. The Kier molecular flexibility index (Phi) is 9.14. The third-order valence-electron chi connectivity index (χ3n) is 11.5. The number of aromatic amines is 1. The lowest BCUT2D eigenvalue weighted by Gasteiger charge is -2.39. The van der Waals surface area contributed by atoms with Crippen molar-refractivity contribution < 1.29 is 18.0 Å². The zero-order valence-corrected chi connectivity index (χ0v) is 29.8. The smallest absolute Gasteiger partial charge is 0.361 e. The molecule has 0 bridgehead atoms. The summed E-state index contributed by atoms with van der Waals surface area (Å²) in [6, 6.07) is 9.87. The molecule has 1 saturated heterocycles. The fourth-order valence-electron chi connectivity index (χ4n) is 9.16. The summed E-state index contributed by atoms with van der Waals surface area (Å²) < 4.78 is 43.6. The van der Waals surface area contributed by atoms with Crippen LogP contribution in [0, 0.1) is 11.8 Å². The van der Waals surface area contributed by atoms with E-state index in [1.54, 1.807) is 16.8 Å². The number of hydrogen-bond donors (Lipinski definition) is 2. The summed E-state index contributed by atoms with van der Waals surface area (Å²) in [5.41, 5.74) is 8.23. The van der Waals surface area contributed by atoms with Crippen molar-refractivity contribution in [3.05, 3.63) is 110 Å². The number of amides is 1. The van der Waals surface area contributed by atoms with Crippen molar-refractivity contribution in [3.8, 4) is 0 Å². The molecule has 2 aromatic heterocycles. The lowest BCUT2D eigenvalue weighted by Crippen LogP contribution is -2.41. The van der Waals surface area contributed by atoms with E-state index in [0.29, 0.717) is 62.3 Å². The Labute approximate surface area is 304 Å². The molecule has 270 valence electrons. The molecule has 4 aliphatic rings. The van der Waals surface area contributed by atoms with Gasteiger partial charge in [0.2, 0.25) is 5.91 Å². The molecule has 1 amide bonds. The molecule has 7 nitrogen and oxygen atoms in total. The van der Waals surface area contributed by atoms with E-state index in [9.17, 15) is 22.8 Å². The number of carbonyl (C=O) groups excluding carboxylic acids is 1. The summed E-state index contributed by atoms with van der Waals surface area (Å²) in [7, 11) is 0. The quantitative estimate of drug-likeness (QED) is 0.208. The SMILES string of the molecule is CCc1cc(C2=CC=CC=CN2)c2ccc3c(c2c1Cl)CCC1=C3CC(CC(F)(F)F)CC1CC(=O)N1CCC(n2c(=O)[nH]c3ncccc32)CC1. The van der Waals surface area contributed by atoms with Crippen molar-refractivity contribution in [1.29, 1.82) is 0 Å². The third-order valence-corrected chi connectivity index (χ3v) is 11.9. The Morgan fingerprint density at radius 3 is 2.69 bits per heavy atom. The summed E-state index contributed by atoms with van der Waals surface area (Å²) in [4.78, 5) is 35.6. The van der Waals surface area contributed by atoms with Gasteiger partial charge in [-0.3, -0.25) is 14.3 Å². The second-order valence-electron chi connectivity index (χ2n) is 14.5. The number of imidazole rings is 1. The van der Waals surface area contributed by atoms with E-state index in [1.807, 2.05) is 41.5 Å². The third kappa shape index (κ3) is 6.39. The predicted octanol–water partition coefficient (Wildman–Crippen LogP) is 9.04. The van der Waals surface area contributed by atoms with Gasteiger partial charge in [0.1, 0.15) is 0 Å². The van der Waals surface area contributed by atoms with Crippen LogP contribution >= 0.6 is 11.6 Å². The van der Waals surface area contributed by atoms with Gasteiger partial charge in [-0.15, -0.1) is 0 Å². The lowest BCUT2D eigenvalue weighted by atomic mass is 9.67. The van der Waals surface area contributed by atoms with Crippen LogP contribution in [0.1, 0.15) is 80.2 Å². The van der Waals surface area contributed by atoms with Crippen molar-refractivity contribution in [2.75, 3.05) is 13.1 Å². The Morgan fingerprint density at radius 2 is 1.90 bits per heavy atom. The van der Waals surface area contributed by atoms with Crippen LogP contribution in [0.4, 0.5) is 13.2 Å². The van der Waals surface area contributed by atoms with Gasteiger partial charge in [-0.1, -0.05) is 48.4 Å². The first-order valence-electron chi connectivity index (χ1n) is 18.3. The number of likely N-dealkylation sites (tertiary alicyclic amines) is 1. The number of halogens is 4. The van der Waals surface area contributed by atoms with E-state index in [1.165, 1.54) is 0 Å². The molecule has 0 saturated carbocycles. The average molecular weight is 728 g/mol. The van der Waals surface area contributed by atoms with Crippen LogP contribution in [0.2, 0.25) is 5.02 Å². The number of aromatic nitrogens is 3. The first-order valence-corrected chi connectivity index (χ1v) is 18.7. The zero-order chi connectivity index (χ0) is 36.1. The lowest BCUT2D eigenvalue weighted by molar-refractivity contribution is -0.145. The molecule has 8 rings (SSSR count). The van der Waals surface area contributed by atoms with Crippen LogP contribution in [0.5, 0.6) is 0 Å². The van der Waals surface area contributed by atoms with Gasteiger partial charge in [0.15, 0.2) is 5.65 Å². The van der Waals surface area contributed by atoms with Crippen LogP contribution in [0.3, 0.4) is 0 Å². The first-order chi connectivity index (χ1) is 25.1. The highest BCUT2D eigenvalue weighted by molar-refractivity contribution is 6.37. The minimum atomic E-state index is -4.30. The molecular formula is C41H41ClF3N5O2.